The normalized spacial score (nSPS) is 9.00. The molecule has 10 heteroatoms. The Balaban J connectivity index is -0.000000245. The largest absolute Gasteiger partial charge is 0.560 e. The Morgan fingerprint density at radius 2 is 0.900 bits per heavy atom. The smallest absolute Gasteiger partial charge is 0.393 e. The van der Waals surface area contributed by atoms with E-state index in [1.165, 1.54) is 0 Å². The molecular formula is H2I2K2O6. The fraction of sp³-hybridized carbons (Fsp3) is 0. The Kier molecular flexibility index (Phi) is 27.0. The molecule has 0 fully saturated rings. The monoisotopic (exact) mass is 430 g/mol. The van der Waals surface area contributed by atoms with Gasteiger partial charge in [-0.1, -0.05) is 0 Å². The molecule has 0 heterocycles. The van der Waals surface area contributed by atoms with Crippen LogP contribution in [0.4, 0.5) is 0 Å². The van der Waals surface area contributed by atoms with Gasteiger partial charge in [0.2, 0.25) is 6.43 Å². The molecule has 0 aromatic carbocycles. The van der Waals surface area contributed by atoms with Crippen LogP contribution >= 0.6 is 0 Å². The molecule has 0 N–H and O–H groups in total. The van der Waals surface area contributed by atoms with Crippen molar-refractivity contribution in [3.05, 3.63) is 0 Å². The molecule has 54 valence electrons. The summed E-state index contributed by atoms with van der Waals surface area (Å²) in [5.41, 5.74) is 0. The average Bonchev–Trinajstić information content (AvgIpc) is 1.61. The van der Waals surface area contributed by atoms with Crippen molar-refractivity contribution in [3.63, 3.8) is 0 Å². The van der Waals surface area contributed by atoms with Gasteiger partial charge in [-0.25, -0.2) is 0 Å². The molecule has 0 saturated heterocycles. The van der Waals surface area contributed by atoms with E-state index in [9.17, 15) is 13.7 Å². The first kappa shape index (κ1) is 20.0. The zero-order valence-corrected chi connectivity index (χ0v) is 7.52. The Hall–Kier alpha value is 4.49. The summed E-state index contributed by atoms with van der Waals surface area (Å²) >= 11 is -7.90. The average molecular weight is 430 g/mol. The van der Waals surface area contributed by atoms with E-state index >= 15 is 0 Å². The van der Waals surface area contributed by atoms with Crippen LogP contribution in [-0.4, -0.2) is 103 Å². The first-order valence-electron chi connectivity index (χ1n) is 1.09. The molecule has 0 unspecified atom stereocenters. The van der Waals surface area contributed by atoms with Gasteiger partial charge in [0.05, 0.1) is 0 Å². The van der Waals surface area contributed by atoms with E-state index < -0.39 is 42.1 Å². The standard InChI is InChI=1S/I2O6.2K.2H/c3-1(4)7-8-2(5)6;;;;. The maximum atomic E-state index is 9.43. The summed E-state index contributed by atoms with van der Waals surface area (Å²) in [6.07, 6.45) is 0. The van der Waals surface area contributed by atoms with E-state index in [0.29, 0.717) is 0 Å². The van der Waals surface area contributed by atoms with Gasteiger partial charge in [-0.3, -0.25) is 0 Å². The maximum Gasteiger partial charge on any atom is 0.560 e. The molecule has 0 rings (SSSR count). The van der Waals surface area contributed by atoms with Gasteiger partial charge < -0.3 is 13.7 Å². The van der Waals surface area contributed by atoms with Crippen LogP contribution in [0, 0.1) is 0 Å². The number of halogens is 2. The van der Waals surface area contributed by atoms with Gasteiger partial charge >= 0.3 is 145 Å². The minimum Gasteiger partial charge on any atom is -0.393 e. The molecule has 0 aliphatic heterocycles. The van der Waals surface area contributed by atoms with Crippen LogP contribution in [0.25, 0.3) is 0 Å². The summed E-state index contributed by atoms with van der Waals surface area (Å²) < 4.78 is 44.3. The molecule has 0 aliphatic carbocycles. The van der Waals surface area contributed by atoms with Crippen molar-refractivity contribution < 1.29 is 62.3 Å². The Morgan fingerprint density at radius 1 is 0.700 bits per heavy atom. The fourth-order valence-corrected chi connectivity index (χ4v) is 1.75. The third kappa shape index (κ3) is 18.3. The number of hydrogen-bond donors (Lipinski definition) is 0. The molecule has 0 amide bonds. The Labute approximate surface area is 160 Å². The van der Waals surface area contributed by atoms with Crippen molar-refractivity contribution in [2.45, 2.75) is 0 Å². The molecule has 0 aromatic rings. The SMILES string of the molecule is [KH].[KH].[O-][I+2]([O-])OO[I+2]([O-])[O-]. The van der Waals surface area contributed by atoms with Crippen molar-refractivity contribution in [1.82, 2.24) is 0 Å². The maximum absolute atomic E-state index is 9.43. The molecule has 0 spiro atoms. The quantitative estimate of drug-likeness (QED) is 0.191. The van der Waals surface area contributed by atoms with E-state index in [4.69, 9.17) is 0 Å². The van der Waals surface area contributed by atoms with Crippen LogP contribution < -0.4 is 55.9 Å². The predicted molar refractivity (Wildman–Crippen MR) is 16.5 cm³/mol. The topological polar surface area (TPSA) is 111 Å². The molecule has 0 aromatic heterocycles. The van der Waals surface area contributed by atoms with Gasteiger partial charge in [0.1, 0.15) is 0 Å². The Bertz CT molecular complexity index is 49.7. The van der Waals surface area contributed by atoms with E-state index in [1.54, 1.807) is 0 Å². The second-order valence-corrected chi connectivity index (χ2v) is 3.38. The van der Waals surface area contributed by atoms with Crippen LogP contribution in [0.5, 0.6) is 0 Å². The van der Waals surface area contributed by atoms with Crippen LogP contribution in [0.3, 0.4) is 0 Å². The summed E-state index contributed by atoms with van der Waals surface area (Å²) in [6.45, 7) is 0. The van der Waals surface area contributed by atoms with Crippen molar-refractivity contribution in [2.24, 2.45) is 0 Å². The zero-order valence-electron chi connectivity index (χ0n) is 3.21. The molecule has 0 bridgehead atoms. The van der Waals surface area contributed by atoms with E-state index in [1.807, 2.05) is 0 Å². The van der Waals surface area contributed by atoms with Crippen LogP contribution in [0.1, 0.15) is 0 Å². The molecule has 10 heavy (non-hydrogen) atoms. The molecular weight excluding hydrogens is 428 g/mol. The third-order valence-electron chi connectivity index (χ3n) is 0.127. The van der Waals surface area contributed by atoms with Crippen LogP contribution in [0.15, 0.2) is 0 Å². The first-order valence-corrected chi connectivity index (χ1v) is 6.38. The summed E-state index contributed by atoms with van der Waals surface area (Å²) in [6, 6.07) is 0. The first-order chi connectivity index (χ1) is 3.63. The molecule has 0 saturated carbocycles. The van der Waals surface area contributed by atoms with Crippen molar-refractivity contribution in [3.8, 4) is 0 Å². The zero-order chi connectivity index (χ0) is 6.57. The van der Waals surface area contributed by atoms with Gasteiger partial charge in [-0.05, 0) is 0 Å². The Morgan fingerprint density at radius 3 is 1.00 bits per heavy atom. The fourth-order valence-electron chi connectivity index (χ4n) is 0.0389. The second-order valence-electron chi connectivity index (χ2n) is 0.504. The molecule has 0 radical (unpaired) electrons. The number of hydrogen-bond acceptors (Lipinski definition) is 6. The summed E-state index contributed by atoms with van der Waals surface area (Å²) in [5.74, 6) is 0. The number of rotatable bonds is 3. The third-order valence-corrected chi connectivity index (χ3v) is 1.76. The summed E-state index contributed by atoms with van der Waals surface area (Å²) in [5, 5.41) is 0. The predicted octanol–water partition coefficient (Wildman–Crippen LogP) is -12.2. The minimum atomic E-state index is -3.95. The van der Waals surface area contributed by atoms with Crippen LogP contribution in [0.2, 0.25) is 0 Å². The van der Waals surface area contributed by atoms with Gasteiger partial charge in [0.15, 0.2) is 0 Å². The van der Waals surface area contributed by atoms with E-state index in [-0.39, 0.29) is 103 Å². The summed E-state index contributed by atoms with van der Waals surface area (Å²) in [4.78, 5) is 0. The van der Waals surface area contributed by atoms with Gasteiger partial charge in [-0.2, -0.15) is 0 Å². The molecule has 0 atom stereocenters. The minimum absolute atomic E-state index is 0. The second kappa shape index (κ2) is 13.5. The van der Waals surface area contributed by atoms with Crippen molar-refractivity contribution in [1.29, 1.82) is 0 Å². The van der Waals surface area contributed by atoms with Crippen LogP contribution in [-0.2, 0) is 6.43 Å². The van der Waals surface area contributed by atoms with Gasteiger partial charge in [0, 0.05) is 0 Å². The molecule has 0 aliphatic rings. The molecule has 6 nitrogen and oxygen atoms in total. The summed E-state index contributed by atoms with van der Waals surface area (Å²) in [7, 11) is 0. The van der Waals surface area contributed by atoms with Gasteiger partial charge in [-0.15, -0.1) is 0 Å². The van der Waals surface area contributed by atoms with Gasteiger partial charge in [0.25, 0.3) is 0 Å². The van der Waals surface area contributed by atoms with Crippen molar-refractivity contribution >= 4 is 103 Å². The van der Waals surface area contributed by atoms with E-state index in [0.717, 1.165) is 0 Å². The van der Waals surface area contributed by atoms with Crippen molar-refractivity contribution in [2.75, 3.05) is 0 Å². The van der Waals surface area contributed by atoms with E-state index in [2.05, 4.69) is 6.43 Å².